The van der Waals surface area contributed by atoms with E-state index < -0.39 is 0 Å². The molecule has 0 nitrogen and oxygen atoms in total. The topological polar surface area (TPSA) is 0 Å². The second-order valence-electron chi connectivity index (χ2n) is 1.71. The summed E-state index contributed by atoms with van der Waals surface area (Å²) >= 11 is 0. The quantitative estimate of drug-likeness (QED) is 0.472. The molecule has 0 fully saturated rings. The second kappa shape index (κ2) is 9.80. The maximum atomic E-state index is 2.23. The van der Waals surface area contributed by atoms with E-state index in [9.17, 15) is 0 Å². The van der Waals surface area contributed by atoms with Crippen LogP contribution in [0.25, 0.3) is 0 Å². The molecule has 0 aliphatic carbocycles. The molecule has 47 valence electrons. The van der Waals surface area contributed by atoms with Gasteiger partial charge in [-0.2, -0.15) is 0 Å². The summed E-state index contributed by atoms with van der Waals surface area (Å²) < 4.78 is 0. The van der Waals surface area contributed by atoms with E-state index in [4.69, 9.17) is 0 Å². The maximum Gasteiger partial charge on any atom is 0 e. The van der Waals surface area contributed by atoms with Gasteiger partial charge in [0.1, 0.15) is 0 Å². The van der Waals surface area contributed by atoms with Gasteiger partial charge >= 0.3 is 0 Å². The molecule has 0 aliphatic heterocycles. The third kappa shape index (κ3) is 10.8. The summed E-state index contributed by atoms with van der Waals surface area (Å²) in [6, 6.07) is 0. The normalized spacial score (nSPS) is 7.71. The van der Waals surface area contributed by atoms with Crippen LogP contribution < -0.4 is 0 Å². The van der Waals surface area contributed by atoms with Gasteiger partial charge in [-0.15, -0.1) is 0 Å². The fourth-order valence-electron chi connectivity index (χ4n) is 0.500. The van der Waals surface area contributed by atoms with Gasteiger partial charge in [-0.25, -0.2) is 0 Å². The molecule has 0 aromatic carbocycles. The molecule has 0 rings (SSSR count). The van der Waals surface area contributed by atoms with Gasteiger partial charge in [0.05, 0.1) is 0 Å². The van der Waals surface area contributed by atoms with Crippen LogP contribution in [-0.2, 0) is 19.5 Å². The van der Waals surface area contributed by atoms with Crippen molar-refractivity contribution >= 4 is 0 Å². The predicted molar refractivity (Wildman–Crippen MR) is 29.8 cm³/mol. The molecule has 1 heteroatoms. The minimum absolute atomic E-state index is 0. The summed E-state index contributed by atoms with van der Waals surface area (Å²) in [4.78, 5) is 0. The summed E-state index contributed by atoms with van der Waals surface area (Å²) in [6.45, 7) is 4.46. The molecular weight excluding hydrogens is 175 g/mol. The van der Waals surface area contributed by atoms with Crippen molar-refractivity contribution in [1.82, 2.24) is 0 Å². The van der Waals surface area contributed by atoms with Gasteiger partial charge in [0.25, 0.3) is 0 Å². The van der Waals surface area contributed by atoms with Gasteiger partial charge in [-0.3, -0.25) is 0 Å². The Hall–Kier alpha value is 0.623. The monoisotopic (exact) mass is 189 g/mol. The zero-order chi connectivity index (χ0) is 4.83. The third-order valence-corrected chi connectivity index (χ3v) is 0.957. The van der Waals surface area contributed by atoms with Crippen LogP contribution in [0, 0.1) is 0 Å². The average molecular weight is 189 g/mol. The summed E-state index contributed by atoms with van der Waals surface area (Å²) in [5, 5.41) is 0. The van der Waals surface area contributed by atoms with Gasteiger partial charge < -0.3 is 0 Å². The Morgan fingerprint density at radius 3 is 1.29 bits per heavy atom. The fourth-order valence-corrected chi connectivity index (χ4v) is 0.500. The summed E-state index contributed by atoms with van der Waals surface area (Å²) in [6.07, 6.45) is 5.54. The Bertz CT molecular complexity index is 16.1. The van der Waals surface area contributed by atoms with Crippen LogP contribution in [0.4, 0.5) is 0 Å². The minimum atomic E-state index is 0. The molecule has 0 aromatic rings. The van der Waals surface area contributed by atoms with Crippen molar-refractivity contribution in [1.29, 1.82) is 0 Å². The first kappa shape index (κ1) is 10.6. The van der Waals surface area contributed by atoms with Crippen LogP contribution >= 0.6 is 0 Å². The largest absolute Gasteiger partial charge is 0.0654 e. The molecule has 0 N–H and O–H groups in total. The first-order valence-corrected chi connectivity index (χ1v) is 2.91. The summed E-state index contributed by atoms with van der Waals surface area (Å²) in [7, 11) is 0. The van der Waals surface area contributed by atoms with Crippen LogP contribution in [0.3, 0.4) is 0 Å². The Labute approximate surface area is 59.4 Å². The molecule has 0 saturated heterocycles. The van der Waals surface area contributed by atoms with E-state index in [0.717, 1.165) is 0 Å². The molecule has 0 atom stereocenters. The van der Waals surface area contributed by atoms with Crippen LogP contribution in [0.5, 0.6) is 0 Å². The zero-order valence-corrected chi connectivity index (χ0v) is 6.80. The Morgan fingerprint density at radius 2 is 1.14 bits per heavy atom. The summed E-state index contributed by atoms with van der Waals surface area (Å²) in [5.41, 5.74) is 0. The molecule has 0 unspecified atom stereocenters. The number of rotatable bonds is 3. The molecule has 0 aliphatic rings. The van der Waals surface area contributed by atoms with Crippen molar-refractivity contribution in [3.63, 3.8) is 0 Å². The van der Waals surface area contributed by atoms with Gasteiger partial charge in [0.2, 0.25) is 0 Å². The van der Waals surface area contributed by atoms with Gasteiger partial charge in [0, 0.05) is 19.5 Å². The molecule has 1 radical (unpaired) electrons. The Balaban J connectivity index is 0. The Morgan fingerprint density at radius 1 is 0.857 bits per heavy atom. The van der Waals surface area contributed by atoms with Crippen molar-refractivity contribution in [2.45, 2.75) is 39.5 Å². The molecular formula is C6H14Rh. The van der Waals surface area contributed by atoms with E-state index in [0.29, 0.717) is 0 Å². The van der Waals surface area contributed by atoms with E-state index in [1.54, 1.807) is 0 Å². The average Bonchev–Trinajstić information content (AvgIpc) is 1.61. The van der Waals surface area contributed by atoms with E-state index in [1.807, 2.05) is 0 Å². The van der Waals surface area contributed by atoms with E-state index in [1.165, 1.54) is 25.7 Å². The second-order valence-corrected chi connectivity index (χ2v) is 1.71. The molecule has 0 bridgehead atoms. The smallest absolute Gasteiger partial charge is 0 e. The van der Waals surface area contributed by atoms with E-state index in [-0.39, 0.29) is 19.5 Å². The summed E-state index contributed by atoms with van der Waals surface area (Å²) in [5.74, 6) is 0. The van der Waals surface area contributed by atoms with Gasteiger partial charge in [0.15, 0.2) is 0 Å². The van der Waals surface area contributed by atoms with Crippen molar-refractivity contribution in [2.75, 3.05) is 0 Å². The molecule has 0 aromatic heterocycles. The first-order valence-electron chi connectivity index (χ1n) is 2.91. The van der Waals surface area contributed by atoms with E-state index in [2.05, 4.69) is 13.8 Å². The molecule has 0 spiro atoms. The molecule has 0 amide bonds. The van der Waals surface area contributed by atoms with Gasteiger partial charge in [-0.1, -0.05) is 39.5 Å². The molecule has 0 saturated carbocycles. The van der Waals surface area contributed by atoms with Crippen LogP contribution in [0.15, 0.2) is 0 Å². The number of hydrogen-bond acceptors (Lipinski definition) is 0. The van der Waals surface area contributed by atoms with Crippen LogP contribution in [0.2, 0.25) is 0 Å². The minimum Gasteiger partial charge on any atom is -0.0654 e. The first-order chi connectivity index (χ1) is 2.91. The number of unbranched alkanes of at least 4 members (excludes halogenated alkanes) is 3. The molecule has 0 heterocycles. The molecule has 7 heavy (non-hydrogen) atoms. The van der Waals surface area contributed by atoms with Crippen molar-refractivity contribution in [3.05, 3.63) is 0 Å². The van der Waals surface area contributed by atoms with E-state index >= 15 is 0 Å². The van der Waals surface area contributed by atoms with Crippen molar-refractivity contribution in [3.8, 4) is 0 Å². The van der Waals surface area contributed by atoms with Crippen molar-refractivity contribution in [2.24, 2.45) is 0 Å². The van der Waals surface area contributed by atoms with Gasteiger partial charge in [-0.05, 0) is 0 Å². The van der Waals surface area contributed by atoms with Crippen LogP contribution in [-0.4, -0.2) is 0 Å². The Kier molecular flexibility index (Phi) is 14.8. The SMILES string of the molecule is CCCCCC.[Rh]. The number of hydrogen-bond donors (Lipinski definition) is 0. The van der Waals surface area contributed by atoms with Crippen LogP contribution in [0.1, 0.15) is 39.5 Å². The predicted octanol–water partition coefficient (Wildman–Crippen LogP) is 2.58. The zero-order valence-electron chi connectivity index (χ0n) is 5.16. The fraction of sp³-hybridized carbons (Fsp3) is 1.00. The maximum absolute atomic E-state index is 2.23. The van der Waals surface area contributed by atoms with Crippen molar-refractivity contribution < 1.29 is 19.5 Å². The standard InChI is InChI=1S/C6H14.Rh/c1-3-5-6-4-2;/h3-6H2,1-2H3;. The third-order valence-electron chi connectivity index (χ3n) is 0.957.